The van der Waals surface area contributed by atoms with Crippen molar-refractivity contribution >= 4 is 62.7 Å². The van der Waals surface area contributed by atoms with Crippen LogP contribution in [0.3, 0.4) is 0 Å². The number of halogens is 11. The van der Waals surface area contributed by atoms with Crippen LogP contribution in [-0.2, 0) is 5.67 Å². The molecule has 0 heterocycles. The summed E-state index contributed by atoms with van der Waals surface area (Å²) in [4.78, 5) is 24.7. The average Bonchev–Trinajstić information content (AvgIpc) is 2.84. The van der Waals surface area contributed by atoms with Crippen LogP contribution in [0.15, 0.2) is 60.7 Å². The second-order valence-corrected chi connectivity index (χ2v) is 10.3. The van der Waals surface area contributed by atoms with Crippen LogP contribution in [0.2, 0.25) is 0 Å². The third-order valence-corrected chi connectivity index (χ3v) is 7.19. The molecule has 39 heavy (non-hydrogen) atoms. The van der Waals surface area contributed by atoms with Crippen LogP contribution in [0.1, 0.15) is 26.3 Å². The highest BCUT2D eigenvalue weighted by Crippen LogP contribution is 2.58. The van der Waals surface area contributed by atoms with Crippen LogP contribution in [0.5, 0.6) is 0 Å². The standard InChI is InChI=1S/C24H13F9I2N2O2/c25-21(23(28,29)30,22(26,27)24(31,32)33)13-9-16(34)18(17(35)10-13)37-20(39)12-5-3-4-11(8-12)14-6-1-2-7-15(14)19(36)38/h1-10H,(H2,36,38)(H,37,39). The summed E-state index contributed by atoms with van der Waals surface area (Å²) in [5.41, 5.74) is -2.04. The lowest BCUT2D eigenvalue weighted by molar-refractivity contribution is -0.389. The molecule has 0 aromatic heterocycles. The number of rotatable bonds is 6. The molecule has 3 aromatic carbocycles. The van der Waals surface area contributed by atoms with E-state index in [1.165, 1.54) is 69.4 Å². The minimum Gasteiger partial charge on any atom is -0.366 e. The Morgan fingerprint density at radius 1 is 0.744 bits per heavy atom. The molecule has 1 atom stereocenters. The number of benzene rings is 3. The third kappa shape index (κ3) is 5.69. The molecule has 0 aliphatic rings. The smallest absolute Gasteiger partial charge is 0.366 e. The summed E-state index contributed by atoms with van der Waals surface area (Å²) in [7, 11) is 0. The Labute approximate surface area is 241 Å². The summed E-state index contributed by atoms with van der Waals surface area (Å²) in [5, 5.41) is 2.34. The maximum absolute atomic E-state index is 14.9. The van der Waals surface area contributed by atoms with Gasteiger partial charge >= 0.3 is 23.9 Å². The minimum absolute atomic E-state index is 0.0128. The molecule has 15 heteroatoms. The Morgan fingerprint density at radius 2 is 1.31 bits per heavy atom. The number of hydrogen-bond donors (Lipinski definition) is 2. The average molecular weight is 786 g/mol. The number of carbonyl (C=O) groups is 2. The highest BCUT2D eigenvalue weighted by molar-refractivity contribution is 14.1. The SMILES string of the molecule is NC(=O)c1ccccc1-c1cccc(C(=O)Nc2c(I)cc(C(F)(C(F)(F)F)C(F)(F)C(F)(F)F)cc2I)c1. The number of amides is 2. The van der Waals surface area contributed by atoms with Gasteiger partial charge in [0.25, 0.3) is 5.91 Å². The number of carbonyl (C=O) groups excluding carboxylic acids is 2. The Bertz CT molecular complexity index is 1420. The van der Waals surface area contributed by atoms with Gasteiger partial charge in [0.2, 0.25) is 5.91 Å². The van der Waals surface area contributed by atoms with E-state index in [2.05, 4.69) is 5.32 Å². The van der Waals surface area contributed by atoms with E-state index in [9.17, 15) is 49.1 Å². The second-order valence-electron chi connectivity index (χ2n) is 7.99. The van der Waals surface area contributed by atoms with Crippen molar-refractivity contribution in [1.82, 2.24) is 0 Å². The molecular formula is C24H13F9I2N2O2. The van der Waals surface area contributed by atoms with E-state index in [0.29, 0.717) is 11.1 Å². The summed E-state index contributed by atoms with van der Waals surface area (Å²) in [5.74, 6) is -8.40. The van der Waals surface area contributed by atoms with E-state index in [4.69, 9.17) is 5.73 Å². The van der Waals surface area contributed by atoms with E-state index in [1.807, 2.05) is 0 Å². The Hall–Kier alpha value is -2.57. The fraction of sp³-hybridized carbons (Fsp3) is 0.167. The quantitative estimate of drug-likeness (QED) is 0.198. The summed E-state index contributed by atoms with van der Waals surface area (Å²) < 4.78 is 121. The number of hydrogen-bond acceptors (Lipinski definition) is 2. The van der Waals surface area contributed by atoms with Gasteiger partial charge in [-0.3, -0.25) is 9.59 Å². The summed E-state index contributed by atoms with van der Waals surface area (Å²) >= 11 is 2.56. The van der Waals surface area contributed by atoms with Crippen molar-refractivity contribution < 1.29 is 49.1 Å². The fourth-order valence-corrected chi connectivity index (χ4v) is 5.61. The van der Waals surface area contributed by atoms with Crippen molar-refractivity contribution in [3.8, 4) is 11.1 Å². The molecule has 0 radical (unpaired) electrons. The maximum atomic E-state index is 14.9. The molecule has 0 spiro atoms. The van der Waals surface area contributed by atoms with E-state index in [0.717, 1.165) is 0 Å². The lowest BCUT2D eigenvalue weighted by Gasteiger charge is -2.36. The van der Waals surface area contributed by atoms with E-state index in [-0.39, 0.29) is 28.9 Å². The zero-order valence-electron chi connectivity index (χ0n) is 18.8. The first-order valence-electron chi connectivity index (χ1n) is 10.3. The number of nitrogens with two attached hydrogens (primary N) is 1. The largest absolute Gasteiger partial charge is 0.457 e. The molecule has 1 unspecified atom stereocenters. The van der Waals surface area contributed by atoms with E-state index < -0.39 is 48.5 Å². The predicted molar refractivity (Wildman–Crippen MR) is 140 cm³/mol. The first-order valence-corrected chi connectivity index (χ1v) is 12.5. The van der Waals surface area contributed by atoms with Crippen LogP contribution in [0.25, 0.3) is 11.1 Å². The summed E-state index contributed by atoms with van der Waals surface area (Å²) in [6.07, 6.45) is -13.5. The van der Waals surface area contributed by atoms with Gasteiger partial charge in [0.1, 0.15) is 0 Å². The monoisotopic (exact) mass is 786 g/mol. The van der Waals surface area contributed by atoms with Crippen molar-refractivity contribution in [3.05, 3.63) is 84.5 Å². The summed E-state index contributed by atoms with van der Waals surface area (Å²) in [6, 6.07) is 12.3. The molecule has 0 aliphatic heterocycles. The normalized spacial score (nSPS) is 14.0. The molecule has 3 rings (SSSR count). The number of anilines is 1. The van der Waals surface area contributed by atoms with Crippen LogP contribution in [0.4, 0.5) is 45.2 Å². The lowest BCUT2D eigenvalue weighted by Crippen LogP contribution is -2.59. The first kappa shape index (κ1) is 31.0. The van der Waals surface area contributed by atoms with Crippen LogP contribution >= 0.6 is 45.2 Å². The molecule has 0 fully saturated rings. The van der Waals surface area contributed by atoms with Crippen LogP contribution in [-0.4, -0.2) is 30.1 Å². The highest BCUT2D eigenvalue weighted by atomic mass is 127. The molecular weight excluding hydrogens is 773 g/mol. The van der Waals surface area contributed by atoms with Gasteiger partial charge in [-0.25, -0.2) is 4.39 Å². The third-order valence-electron chi connectivity index (χ3n) is 5.49. The number of nitrogens with one attached hydrogen (secondary N) is 1. The highest BCUT2D eigenvalue weighted by Gasteiger charge is 2.81. The zero-order chi connectivity index (χ0) is 29.6. The first-order chi connectivity index (χ1) is 17.8. The second kappa shape index (κ2) is 10.8. The van der Waals surface area contributed by atoms with Crippen molar-refractivity contribution in [1.29, 1.82) is 0 Å². The number of primary amides is 1. The number of alkyl halides is 9. The molecule has 0 saturated heterocycles. The molecule has 0 aliphatic carbocycles. The summed E-state index contributed by atoms with van der Waals surface area (Å²) in [6.45, 7) is 0. The minimum atomic E-state index is -6.86. The van der Waals surface area contributed by atoms with E-state index >= 15 is 0 Å². The van der Waals surface area contributed by atoms with E-state index in [1.54, 1.807) is 24.3 Å². The van der Waals surface area contributed by atoms with Crippen LogP contribution in [0, 0.1) is 7.14 Å². The van der Waals surface area contributed by atoms with Gasteiger partial charge in [0, 0.05) is 23.8 Å². The molecule has 3 N–H and O–H groups in total. The van der Waals surface area contributed by atoms with Gasteiger partial charge in [-0.1, -0.05) is 30.3 Å². The Morgan fingerprint density at radius 3 is 1.82 bits per heavy atom. The van der Waals surface area contributed by atoms with Gasteiger partial charge in [-0.2, -0.15) is 35.1 Å². The van der Waals surface area contributed by atoms with Gasteiger partial charge in [0.15, 0.2) is 0 Å². The molecule has 3 aromatic rings. The molecule has 2 amide bonds. The van der Waals surface area contributed by atoms with Crippen LogP contribution < -0.4 is 11.1 Å². The fourth-order valence-electron chi connectivity index (χ4n) is 3.57. The Kier molecular flexibility index (Phi) is 8.56. The molecule has 4 nitrogen and oxygen atoms in total. The van der Waals surface area contributed by atoms with Crippen molar-refractivity contribution in [2.24, 2.45) is 5.73 Å². The van der Waals surface area contributed by atoms with Crippen molar-refractivity contribution in [2.45, 2.75) is 23.9 Å². The Balaban J connectivity index is 2.03. The topological polar surface area (TPSA) is 72.2 Å². The van der Waals surface area contributed by atoms with Crippen molar-refractivity contribution in [2.75, 3.05) is 5.32 Å². The van der Waals surface area contributed by atoms with Gasteiger partial charge in [-0.05, 0) is 86.6 Å². The predicted octanol–water partition coefficient (Wildman–Crippen LogP) is 7.84. The molecule has 0 bridgehead atoms. The maximum Gasteiger partial charge on any atom is 0.457 e. The molecule has 0 saturated carbocycles. The molecule has 208 valence electrons. The van der Waals surface area contributed by atoms with Gasteiger partial charge in [-0.15, -0.1) is 0 Å². The van der Waals surface area contributed by atoms with Crippen molar-refractivity contribution in [3.63, 3.8) is 0 Å². The van der Waals surface area contributed by atoms with Gasteiger partial charge < -0.3 is 11.1 Å². The lowest BCUT2D eigenvalue weighted by atomic mass is 9.87. The van der Waals surface area contributed by atoms with Gasteiger partial charge in [0.05, 0.1) is 5.69 Å². The zero-order valence-corrected chi connectivity index (χ0v) is 23.1.